The van der Waals surface area contributed by atoms with Gasteiger partial charge in [0.15, 0.2) is 0 Å². The number of carbonyl (C=O) groups excluding carboxylic acids is 1. The first-order valence-electron chi connectivity index (χ1n) is 5.84. The second kappa shape index (κ2) is 5.89. The van der Waals surface area contributed by atoms with Crippen LogP contribution < -0.4 is 0 Å². The Kier molecular flexibility index (Phi) is 5.08. The number of hydrogen-bond donors (Lipinski definition) is 0. The normalized spacial score (nSPS) is 21.2. The standard InChI is InChI=1S/C11H23NO3S/c1-5-12(6-2)11(13)16(4,15-14-3)9-10-7-8-10/h10H,5-9H2,1-4H3. The summed E-state index contributed by atoms with van der Waals surface area (Å²) in [6, 6.07) is 0. The highest BCUT2D eigenvalue weighted by atomic mass is 32.3. The van der Waals surface area contributed by atoms with Crippen molar-refractivity contribution in [3.8, 4) is 0 Å². The van der Waals surface area contributed by atoms with Crippen LogP contribution >= 0.6 is 10.3 Å². The van der Waals surface area contributed by atoms with Crippen LogP contribution in [-0.4, -0.2) is 42.3 Å². The fourth-order valence-electron chi connectivity index (χ4n) is 1.77. The third-order valence-corrected chi connectivity index (χ3v) is 5.40. The summed E-state index contributed by atoms with van der Waals surface area (Å²) in [4.78, 5) is 19.0. The maximum Gasteiger partial charge on any atom is 0.289 e. The largest absolute Gasteiger partial charge is 0.334 e. The topological polar surface area (TPSA) is 38.8 Å². The SMILES string of the molecule is CCN(CC)C(=O)S(C)(CC1CC1)OOC. The number of hydrogen-bond acceptors (Lipinski definition) is 3. The third kappa shape index (κ3) is 3.37. The molecule has 1 unspecified atom stereocenters. The zero-order chi connectivity index (χ0) is 12.2. The van der Waals surface area contributed by atoms with Crippen LogP contribution in [0.4, 0.5) is 4.79 Å². The Bertz CT molecular complexity index is 241. The zero-order valence-electron chi connectivity index (χ0n) is 10.7. The molecule has 0 aromatic carbocycles. The molecule has 16 heavy (non-hydrogen) atoms. The van der Waals surface area contributed by atoms with Crippen molar-refractivity contribution < 1.29 is 14.0 Å². The average Bonchev–Trinajstić information content (AvgIpc) is 3.03. The molecule has 1 saturated carbocycles. The molecule has 0 aromatic rings. The molecule has 0 heterocycles. The predicted molar refractivity (Wildman–Crippen MR) is 67.5 cm³/mol. The van der Waals surface area contributed by atoms with Gasteiger partial charge < -0.3 is 4.90 Å². The molecule has 0 aliphatic heterocycles. The van der Waals surface area contributed by atoms with Crippen molar-refractivity contribution in [2.45, 2.75) is 26.7 Å². The zero-order valence-corrected chi connectivity index (χ0v) is 11.5. The Morgan fingerprint density at radius 2 is 1.94 bits per heavy atom. The van der Waals surface area contributed by atoms with E-state index >= 15 is 0 Å². The van der Waals surface area contributed by atoms with Gasteiger partial charge in [0.25, 0.3) is 5.24 Å². The van der Waals surface area contributed by atoms with Gasteiger partial charge in [0.2, 0.25) is 0 Å². The van der Waals surface area contributed by atoms with Crippen LogP contribution in [0, 0.1) is 5.92 Å². The second-order valence-electron chi connectivity index (χ2n) is 4.29. The van der Waals surface area contributed by atoms with E-state index in [1.54, 1.807) is 0 Å². The summed E-state index contributed by atoms with van der Waals surface area (Å²) in [6.45, 7) is 5.45. The molecule has 0 bridgehead atoms. The highest BCUT2D eigenvalue weighted by Crippen LogP contribution is 2.53. The third-order valence-electron chi connectivity index (χ3n) is 2.86. The molecular formula is C11H23NO3S. The first kappa shape index (κ1) is 13.8. The quantitative estimate of drug-likeness (QED) is 0.536. The molecule has 5 heteroatoms. The Morgan fingerprint density at radius 1 is 1.38 bits per heavy atom. The Labute approximate surface area is 99.7 Å². The monoisotopic (exact) mass is 249 g/mol. The summed E-state index contributed by atoms with van der Waals surface area (Å²) in [5, 5.41) is 0.117. The number of carbonyl (C=O) groups is 1. The van der Waals surface area contributed by atoms with Crippen molar-refractivity contribution >= 4 is 15.5 Å². The van der Waals surface area contributed by atoms with Gasteiger partial charge in [-0.15, -0.1) is 0 Å². The summed E-state index contributed by atoms with van der Waals surface area (Å²) < 4.78 is 5.32. The molecule has 1 amide bonds. The highest BCUT2D eigenvalue weighted by molar-refractivity contribution is 8.41. The lowest BCUT2D eigenvalue weighted by atomic mass is 10.5. The van der Waals surface area contributed by atoms with Gasteiger partial charge >= 0.3 is 0 Å². The van der Waals surface area contributed by atoms with Gasteiger partial charge in [0.1, 0.15) is 0 Å². The van der Waals surface area contributed by atoms with E-state index in [1.165, 1.54) is 20.0 Å². The van der Waals surface area contributed by atoms with Crippen molar-refractivity contribution in [1.82, 2.24) is 4.90 Å². The Morgan fingerprint density at radius 3 is 2.31 bits per heavy atom. The van der Waals surface area contributed by atoms with E-state index in [0.717, 1.165) is 18.8 Å². The maximum atomic E-state index is 12.3. The van der Waals surface area contributed by atoms with E-state index in [0.29, 0.717) is 5.92 Å². The molecule has 1 atom stereocenters. The molecule has 0 N–H and O–H groups in total. The lowest BCUT2D eigenvalue weighted by molar-refractivity contribution is -0.165. The van der Waals surface area contributed by atoms with E-state index < -0.39 is 10.3 Å². The summed E-state index contributed by atoms with van der Waals surface area (Å²) in [6.07, 6.45) is 4.36. The number of rotatable bonds is 6. The van der Waals surface area contributed by atoms with Crippen molar-refractivity contribution in [2.75, 3.05) is 32.2 Å². The fraction of sp³-hybridized carbons (Fsp3) is 0.909. The van der Waals surface area contributed by atoms with Crippen LogP contribution in [0.5, 0.6) is 0 Å². The fourth-order valence-corrected chi connectivity index (χ4v) is 4.36. The van der Waals surface area contributed by atoms with Gasteiger partial charge in [-0.2, -0.15) is 4.33 Å². The molecule has 0 spiro atoms. The van der Waals surface area contributed by atoms with E-state index in [-0.39, 0.29) is 5.24 Å². The van der Waals surface area contributed by atoms with Crippen LogP contribution in [0.15, 0.2) is 0 Å². The smallest absolute Gasteiger partial charge is 0.289 e. The summed E-state index contributed by atoms with van der Waals surface area (Å²) in [5.41, 5.74) is 0. The molecule has 1 aliphatic carbocycles. The molecule has 96 valence electrons. The Balaban J connectivity index is 2.68. The summed E-state index contributed by atoms with van der Waals surface area (Å²) >= 11 is 0. The summed E-state index contributed by atoms with van der Waals surface area (Å²) in [5.74, 6) is 1.51. The van der Waals surface area contributed by atoms with Gasteiger partial charge in [-0.3, -0.25) is 4.79 Å². The molecule has 0 aromatic heterocycles. The minimum Gasteiger partial charge on any atom is -0.334 e. The van der Waals surface area contributed by atoms with E-state index in [4.69, 9.17) is 9.22 Å². The van der Waals surface area contributed by atoms with Crippen molar-refractivity contribution in [1.29, 1.82) is 0 Å². The second-order valence-corrected chi connectivity index (χ2v) is 7.12. The van der Waals surface area contributed by atoms with Gasteiger partial charge in [0, 0.05) is 18.8 Å². The molecule has 0 saturated heterocycles. The molecule has 4 nitrogen and oxygen atoms in total. The van der Waals surface area contributed by atoms with Gasteiger partial charge in [0.05, 0.1) is 7.11 Å². The lowest BCUT2D eigenvalue weighted by Gasteiger charge is -2.35. The van der Waals surface area contributed by atoms with Crippen LogP contribution in [-0.2, 0) is 9.22 Å². The predicted octanol–water partition coefficient (Wildman–Crippen LogP) is 2.79. The Hall–Kier alpha value is -0.260. The maximum absolute atomic E-state index is 12.3. The van der Waals surface area contributed by atoms with Gasteiger partial charge in [-0.25, -0.2) is 4.89 Å². The minimum atomic E-state index is -1.76. The molecular weight excluding hydrogens is 226 g/mol. The van der Waals surface area contributed by atoms with Crippen LogP contribution in [0.2, 0.25) is 0 Å². The van der Waals surface area contributed by atoms with Crippen LogP contribution in [0.1, 0.15) is 26.7 Å². The van der Waals surface area contributed by atoms with Crippen molar-refractivity contribution in [3.63, 3.8) is 0 Å². The average molecular weight is 249 g/mol. The van der Waals surface area contributed by atoms with Gasteiger partial charge in [-0.1, -0.05) is 0 Å². The van der Waals surface area contributed by atoms with E-state index in [9.17, 15) is 4.79 Å². The lowest BCUT2D eigenvalue weighted by Crippen LogP contribution is -2.35. The first-order chi connectivity index (χ1) is 7.57. The molecule has 1 fully saturated rings. The van der Waals surface area contributed by atoms with Crippen molar-refractivity contribution in [3.05, 3.63) is 0 Å². The minimum absolute atomic E-state index is 0.117. The van der Waals surface area contributed by atoms with Gasteiger partial charge in [-0.05, 0) is 49.2 Å². The molecule has 0 radical (unpaired) electrons. The molecule has 1 aliphatic rings. The van der Waals surface area contributed by atoms with E-state index in [2.05, 4.69) is 0 Å². The number of amides is 1. The van der Waals surface area contributed by atoms with Crippen LogP contribution in [0.25, 0.3) is 0 Å². The molecule has 1 rings (SSSR count). The van der Waals surface area contributed by atoms with Crippen molar-refractivity contribution in [2.24, 2.45) is 5.92 Å². The van der Waals surface area contributed by atoms with E-state index in [1.807, 2.05) is 25.0 Å². The first-order valence-corrected chi connectivity index (χ1v) is 7.98. The summed E-state index contributed by atoms with van der Waals surface area (Å²) in [7, 11) is -0.283. The highest BCUT2D eigenvalue weighted by Gasteiger charge is 2.38. The number of nitrogens with zero attached hydrogens (tertiary/aromatic N) is 1. The van der Waals surface area contributed by atoms with Crippen LogP contribution in [0.3, 0.4) is 0 Å².